The summed E-state index contributed by atoms with van der Waals surface area (Å²) in [5, 5.41) is 0.340. The summed E-state index contributed by atoms with van der Waals surface area (Å²) in [6.45, 7) is 6.55. The standard InChI is InChI=1S/C15H14BrNO5.C2H6/c1-20-15(19)9-6-10-12(18)8-13(17-2-4-21-5-3-17)22-14(10)11(16)7-9;1-2/h6-8H,2-5H2,1H3;1-2H3. The van der Waals surface area contributed by atoms with Crippen LogP contribution in [0.15, 0.2) is 31.9 Å². The van der Waals surface area contributed by atoms with E-state index in [9.17, 15) is 9.59 Å². The normalized spacial score (nSPS) is 14.1. The molecule has 6 nitrogen and oxygen atoms in total. The molecule has 24 heavy (non-hydrogen) atoms. The van der Waals surface area contributed by atoms with Crippen LogP contribution in [0.5, 0.6) is 0 Å². The highest BCUT2D eigenvalue weighted by Gasteiger charge is 2.18. The predicted molar refractivity (Wildman–Crippen MR) is 95.9 cm³/mol. The van der Waals surface area contributed by atoms with Gasteiger partial charge in [0.15, 0.2) is 16.9 Å². The van der Waals surface area contributed by atoms with Gasteiger partial charge in [-0.2, -0.15) is 0 Å². The lowest BCUT2D eigenvalue weighted by Gasteiger charge is -2.27. The molecule has 0 N–H and O–H groups in total. The molecular formula is C17H20BrNO5. The van der Waals surface area contributed by atoms with Crippen LogP contribution in [0.2, 0.25) is 0 Å². The molecule has 0 unspecified atom stereocenters. The molecule has 1 saturated heterocycles. The Morgan fingerprint density at radius 3 is 2.50 bits per heavy atom. The lowest BCUT2D eigenvalue weighted by Crippen LogP contribution is -2.36. The molecule has 0 saturated carbocycles. The number of hydrogen-bond donors (Lipinski definition) is 0. The number of methoxy groups -OCH3 is 1. The minimum atomic E-state index is -0.501. The fourth-order valence-electron chi connectivity index (χ4n) is 2.38. The maximum atomic E-state index is 12.4. The van der Waals surface area contributed by atoms with E-state index in [4.69, 9.17) is 9.15 Å². The molecule has 0 aliphatic carbocycles. The van der Waals surface area contributed by atoms with E-state index in [1.54, 1.807) is 6.07 Å². The maximum Gasteiger partial charge on any atom is 0.337 e. The van der Waals surface area contributed by atoms with Crippen LogP contribution < -0.4 is 10.3 Å². The zero-order chi connectivity index (χ0) is 17.7. The van der Waals surface area contributed by atoms with E-state index in [0.29, 0.717) is 53.2 Å². The Bertz CT molecular complexity index is 780. The van der Waals surface area contributed by atoms with Crippen molar-refractivity contribution >= 4 is 38.8 Å². The molecule has 0 radical (unpaired) electrons. The second-order valence-electron chi connectivity index (χ2n) is 4.87. The molecule has 1 fully saturated rings. The number of nitrogens with zero attached hydrogens (tertiary/aromatic N) is 1. The van der Waals surface area contributed by atoms with Crippen LogP contribution in [0.3, 0.4) is 0 Å². The molecular weight excluding hydrogens is 378 g/mol. The van der Waals surface area contributed by atoms with Gasteiger partial charge in [-0.05, 0) is 28.1 Å². The number of fused-ring (bicyclic) bond motifs is 1. The maximum absolute atomic E-state index is 12.4. The summed E-state index contributed by atoms with van der Waals surface area (Å²) in [5.41, 5.74) is 0.518. The lowest BCUT2D eigenvalue weighted by molar-refractivity contribution is 0.0601. The van der Waals surface area contributed by atoms with Crippen molar-refractivity contribution in [2.24, 2.45) is 0 Å². The Morgan fingerprint density at radius 2 is 1.88 bits per heavy atom. The van der Waals surface area contributed by atoms with Gasteiger partial charge in [-0.1, -0.05) is 13.8 Å². The van der Waals surface area contributed by atoms with Crippen LogP contribution in [0, 0.1) is 0 Å². The van der Waals surface area contributed by atoms with E-state index in [-0.39, 0.29) is 5.43 Å². The molecule has 0 spiro atoms. The van der Waals surface area contributed by atoms with E-state index >= 15 is 0 Å². The number of ether oxygens (including phenoxy) is 2. The first-order valence-corrected chi connectivity index (χ1v) is 8.58. The number of anilines is 1. The molecule has 1 aliphatic heterocycles. The van der Waals surface area contributed by atoms with Gasteiger partial charge in [0.1, 0.15) is 0 Å². The summed E-state index contributed by atoms with van der Waals surface area (Å²) in [6, 6.07) is 4.52. The van der Waals surface area contributed by atoms with Crippen molar-refractivity contribution in [2.45, 2.75) is 13.8 Å². The van der Waals surface area contributed by atoms with Crippen molar-refractivity contribution in [3.63, 3.8) is 0 Å². The highest BCUT2D eigenvalue weighted by Crippen LogP contribution is 2.28. The number of carbonyl (C=O) groups is 1. The predicted octanol–water partition coefficient (Wildman–Crippen LogP) is 3.20. The van der Waals surface area contributed by atoms with Gasteiger partial charge in [-0.25, -0.2) is 4.79 Å². The van der Waals surface area contributed by atoms with Crippen LogP contribution in [-0.2, 0) is 9.47 Å². The summed E-state index contributed by atoms with van der Waals surface area (Å²) in [7, 11) is 1.30. The molecule has 1 aliphatic rings. The molecule has 0 atom stereocenters. The minimum Gasteiger partial charge on any atom is -0.465 e. The van der Waals surface area contributed by atoms with E-state index < -0.39 is 5.97 Å². The van der Waals surface area contributed by atoms with Crippen molar-refractivity contribution in [3.8, 4) is 0 Å². The molecule has 2 heterocycles. The monoisotopic (exact) mass is 397 g/mol. The zero-order valence-electron chi connectivity index (χ0n) is 13.9. The van der Waals surface area contributed by atoms with Crippen LogP contribution in [-0.4, -0.2) is 39.4 Å². The topological polar surface area (TPSA) is 69.0 Å². The van der Waals surface area contributed by atoms with E-state index in [1.165, 1.54) is 19.2 Å². The number of morpholine rings is 1. The van der Waals surface area contributed by atoms with Crippen molar-refractivity contribution in [1.29, 1.82) is 0 Å². The fourth-order valence-corrected chi connectivity index (χ4v) is 2.92. The minimum absolute atomic E-state index is 0.200. The second kappa shape index (κ2) is 8.30. The fraction of sp³-hybridized carbons (Fsp3) is 0.412. The first-order chi connectivity index (χ1) is 11.6. The van der Waals surface area contributed by atoms with Gasteiger partial charge in [0.2, 0.25) is 0 Å². The number of benzene rings is 1. The largest absolute Gasteiger partial charge is 0.465 e. The van der Waals surface area contributed by atoms with Gasteiger partial charge >= 0.3 is 5.97 Å². The van der Waals surface area contributed by atoms with Gasteiger partial charge in [0.25, 0.3) is 0 Å². The third-order valence-electron chi connectivity index (χ3n) is 3.51. The smallest absolute Gasteiger partial charge is 0.337 e. The number of carbonyl (C=O) groups excluding carboxylic acids is 1. The number of esters is 1. The quantitative estimate of drug-likeness (QED) is 0.724. The number of rotatable bonds is 2. The Labute approximate surface area is 148 Å². The number of halogens is 1. The summed E-state index contributed by atoms with van der Waals surface area (Å²) >= 11 is 3.35. The Morgan fingerprint density at radius 1 is 1.21 bits per heavy atom. The molecule has 0 bridgehead atoms. The summed E-state index contributed by atoms with van der Waals surface area (Å²) in [4.78, 5) is 26.0. The summed E-state index contributed by atoms with van der Waals surface area (Å²) in [6.07, 6.45) is 0. The highest BCUT2D eigenvalue weighted by molar-refractivity contribution is 9.10. The van der Waals surface area contributed by atoms with Crippen LogP contribution in [0.25, 0.3) is 11.0 Å². The van der Waals surface area contributed by atoms with Crippen LogP contribution >= 0.6 is 15.9 Å². The average Bonchev–Trinajstić information content (AvgIpc) is 2.63. The third-order valence-corrected chi connectivity index (χ3v) is 4.10. The average molecular weight is 398 g/mol. The zero-order valence-corrected chi connectivity index (χ0v) is 15.5. The highest BCUT2D eigenvalue weighted by atomic mass is 79.9. The first-order valence-electron chi connectivity index (χ1n) is 7.78. The Kier molecular flexibility index (Phi) is 6.39. The second-order valence-corrected chi connectivity index (χ2v) is 5.73. The van der Waals surface area contributed by atoms with Crippen molar-refractivity contribution in [1.82, 2.24) is 0 Å². The van der Waals surface area contributed by atoms with E-state index in [1.807, 2.05) is 18.7 Å². The van der Waals surface area contributed by atoms with E-state index in [0.717, 1.165) is 0 Å². The van der Waals surface area contributed by atoms with Crippen LogP contribution in [0.1, 0.15) is 24.2 Å². The molecule has 130 valence electrons. The summed E-state index contributed by atoms with van der Waals surface area (Å²) in [5.74, 6) is 0.00609. The summed E-state index contributed by atoms with van der Waals surface area (Å²) < 4.78 is 16.4. The van der Waals surface area contributed by atoms with Crippen molar-refractivity contribution < 1.29 is 18.7 Å². The number of hydrogen-bond acceptors (Lipinski definition) is 6. The van der Waals surface area contributed by atoms with Crippen molar-refractivity contribution in [3.05, 3.63) is 38.5 Å². The van der Waals surface area contributed by atoms with Crippen LogP contribution in [0.4, 0.5) is 5.88 Å². The first kappa shape index (κ1) is 18.5. The van der Waals surface area contributed by atoms with Crippen molar-refractivity contribution in [2.75, 3.05) is 38.3 Å². The molecule has 1 aromatic heterocycles. The SMILES string of the molecule is CC.COC(=O)c1cc(Br)c2oc(N3CCOCC3)cc(=O)c2c1. The van der Waals surface area contributed by atoms with Gasteiger partial charge < -0.3 is 18.8 Å². The Hall–Kier alpha value is -1.86. The molecule has 7 heteroatoms. The Balaban J connectivity index is 0.00000100. The van der Waals surface area contributed by atoms with Gasteiger partial charge in [-0.3, -0.25) is 4.79 Å². The third kappa shape index (κ3) is 3.79. The lowest BCUT2D eigenvalue weighted by atomic mass is 10.1. The van der Waals surface area contributed by atoms with Gasteiger partial charge in [0.05, 0.1) is 35.7 Å². The molecule has 2 aromatic rings. The molecule has 3 rings (SSSR count). The van der Waals surface area contributed by atoms with E-state index in [2.05, 4.69) is 20.7 Å². The molecule has 1 aromatic carbocycles. The molecule has 0 amide bonds. The van der Waals surface area contributed by atoms with Gasteiger partial charge in [-0.15, -0.1) is 0 Å². The van der Waals surface area contributed by atoms with Gasteiger partial charge in [0, 0.05) is 19.2 Å².